The molecule has 3 nitrogen and oxygen atoms in total. The van der Waals surface area contributed by atoms with Crippen molar-refractivity contribution in [3.05, 3.63) is 24.0 Å². The van der Waals surface area contributed by atoms with Crippen molar-refractivity contribution >= 4 is 16.7 Å². The van der Waals surface area contributed by atoms with E-state index < -0.39 is 0 Å². The molecule has 0 radical (unpaired) electrons. The molecule has 1 heterocycles. The van der Waals surface area contributed by atoms with Crippen LogP contribution in [0.5, 0.6) is 0 Å². The molecule has 3 heteroatoms. The number of anilines is 1. The second kappa shape index (κ2) is 3.28. The third-order valence-electron chi connectivity index (χ3n) is 4.39. The number of imidazole rings is 1. The number of hydrogen-bond acceptors (Lipinski definition) is 2. The molecule has 2 saturated carbocycles. The molecule has 1 aromatic carbocycles. The van der Waals surface area contributed by atoms with Crippen LogP contribution in [0.4, 0.5) is 5.69 Å². The number of fused-ring (bicyclic) bond motifs is 1. The third-order valence-corrected chi connectivity index (χ3v) is 4.39. The molecule has 94 valence electrons. The molecule has 18 heavy (non-hydrogen) atoms. The number of nitrogen functional groups attached to an aromatic ring is 1. The van der Waals surface area contributed by atoms with E-state index in [4.69, 9.17) is 10.7 Å². The molecule has 2 aromatic rings. The van der Waals surface area contributed by atoms with Gasteiger partial charge in [-0.15, -0.1) is 0 Å². The molecule has 2 fully saturated rings. The van der Waals surface area contributed by atoms with E-state index in [1.807, 2.05) is 12.1 Å². The Kier molecular flexibility index (Phi) is 1.90. The fourth-order valence-corrected chi connectivity index (χ4v) is 2.74. The standard InChI is InChI=1S/C15H19N3/c1-15(6-7-15)9-18-13-5-4-11(16)8-12(13)17-14(18)10-2-3-10/h4-5,8,10H,2-3,6-7,9,16H2,1H3. The Hall–Kier alpha value is -1.51. The lowest BCUT2D eigenvalue weighted by Crippen LogP contribution is -2.10. The third kappa shape index (κ3) is 1.61. The van der Waals surface area contributed by atoms with Gasteiger partial charge in [-0.25, -0.2) is 4.98 Å². The van der Waals surface area contributed by atoms with Crippen molar-refractivity contribution < 1.29 is 0 Å². The molecule has 0 aliphatic heterocycles. The van der Waals surface area contributed by atoms with Gasteiger partial charge in [0.2, 0.25) is 0 Å². The highest BCUT2D eigenvalue weighted by Gasteiger charge is 2.39. The normalized spacial score (nSPS) is 21.4. The molecule has 0 bridgehead atoms. The molecule has 0 amide bonds. The molecule has 4 rings (SSSR count). The van der Waals surface area contributed by atoms with Crippen LogP contribution < -0.4 is 5.73 Å². The average Bonchev–Trinajstić information content (AvgIpc) is 3.23. The number of benzene rings is 1. The Morgan fingerprint density at radius 2 is 2.17 bits per heavy atom. The summed E-state index contributed by atoms with van der Waals surface area (Å²) >= 11 is 0. The van der Waals surface area contributed by atoms with E-state index in [1.165, 1.54) is 37.0 Å². The first kappa shape index (κ1) is 10.4. The minimum atomic E-state index is 0.513. The van der Waals surface area contributed by atoms with E-state index >= 15 is 0 Å². The Morgan fingerprint density at radius 1 is 1.39 bits per heavy atom. The van der Waals surface area contributed by atoms with E-state index in [-0.39, 0.29) is 0 Å². The first-order chi connectivity index (χ1) is 8.65. The van der Waals surface area contributed by atoms with Gasteiger partial charge in [0.05, 0.1) is 11.0 Å². The molecule has 0 saturated heterocycles. The minimum absolute atomic E-state index is 0.513. The van der Waals surface area contributed by atoms with Gasteiger partial charge in [-0.3, -0.25) is 0 Å². The van der Waals surface area contributed by atoms with Crippen LogP contribution in [0, 0.1) is 5.41 Å². The zero-order valence-electron chi connectivity index (χ0n) is 10.8. The summed E-state index contributed by atoms with van der Waals surface area (Å²) in [7, 11) is 0. The molecule has 0 atom stereocenters. The molecule has 2 aliphatic rings. The highest BCUT2D eigenvalue weighted by molar-refractivity contribution is 5.80. The van der Waals surface area contributed by atoms with Crippen LogP contribution in [0.3, 0.4) is 0 Å². The lowest BCUT2D eigenvalue weighted by Gasteiger charge is -2.13. The van der Waals surface area contributed by atoms with Crippen molar-refractivity contribution in [3.8, 4) is 0 Å². The summed E-state index contributed by atoms with van der Waals surface area (Å²) in [6.07, 6.45) is 5.31. The van der Waals surface area contributed by atoms with E-state index in [0.717, 1.165) is 17.7 Å². The predicted octanol–water partition coefficient (Wildman–Crippen LogP) is 3.30. The van der Waals surface area contributed by atoms with Crippen LogP contribution in [0.1, 0.15) is 44.3 Å². The predicted molar refractivity (Wildman–Crippen MR) is 73.5 cm³/mol. The van der Waals surface area contributed by atoms with Crippen LogP contribution in [0.25, 0.3) is 11.0 Å². The smallest absolute Gasteiger partial charge is 0.113 e. The first-order valence-electron chi connectivity index (χ1n) is 6.90. The molecule has 2 N–H and O–H groups in total. The monoisotopic (exact) mass is 241 g/mol. The summed E-state index contributed by atoms with van der Waals surface area (Å²) in [5, 5.41) is 0. The van der Waals surface area contributed by atoms with Crippen LogP contribution in [0.2, 0.25) is 0 Å². The topological polar surface area (TPSA) is 43.8 Å². The number of nitrogens with two attached hydrogens (primary N) is 1. The van der Waals surface area contributed by atoms with Gasteiger partial charge < -0.3 is 10.3 Å². The van der Waals surface area contributed by atoms with Crippen molar-refractivity contribution in [1.82, 2.24) is 9.55 Å². The second-order valence-corrected chi connectivity index (χ2v) is 6.39. The molecule has 2 aliphatic carbocycles. The quantitative estimate of drug-likeness (QED) is 0.838. The maximum Gasteiger partial charge on any atom is 0.113 e. The summed E-state index contributed by atoms with van der Waals surface area (Å²) in [6, 6.07) is 6.13. The number of hydrogen-bond donors (Lipinski definition) is 1. The SMILES string of the molecule is CC1(Cn2c(C3CC3)nc3cc(N)ccc32)CC1. The van der Waals surface area contributed by atoms with Crippen LogP contribution in [-0.4, -0.2) is 9.55 Å². The van der Waals surface area contributed by atoms with Gasteiger partial charge in [0.25, 0.3) is 0 Å². The Morgan fingerprint density at radius 3 is 2.83 bits per heavy atom. The van der Waals surface area contributed by atoms with Crippen LogP contribution >= 0.6 is 0 Å². The molecule has 0 unspecified atom stereocenters. The maximum atomic E-state index is 5.87. The number of nitrogens with zero attached hydrogens (tertiary/aromatic N) is 2. The number of aromatic nitrogens is 2. The first-order valence-corrected chi connectivity index (χ1v) is 6.90. The van der Waals surface area contributed by atoms with Crippen molar-refractivity contribution in [2.45, 2.75) is 45.1 Å². The highest BCUT2D eigenvalue weighted by atomic mass is 15.1. The molecular formula is C15H19N3. The lowest BCUT2D eigenvalue weighted by atomic mass is 10.1. The average molecular weight is 241 g/mol. The molecule has 1 aromatic heterocycles. The maximum absolute atomic E-state index is 5.87. The Labute approximate surface area is 107 Å². The largest absolute Gasteiger partial charge is 0.399 e. The van der Waals surface area contributed by atoms with Crippen molar-refractivity contribution in [2.75, 3.05) is 5.73 Å². The van der Waals surface area contributed by atoms with E-state index in [0.29, 0.717) is 11.3 Å². The highest BCUT2D eigenvalue weighted by Crippen LogP contribution is 2.49. The minimum Gasteiger partial charge on any atom is -0.399 e. The fourth-order valence-electron chi connectivity index (χ4n) is 2.74. The summed E-state index contributed by atoms with van der Waals surface area (Å²) < 4.78 is 2.46. The van der Waals surface area contributed by atoms with Crippen LogP contribution in [0.15, 0.2) is 18.2 Å². The van der Waals surface area contributed by atoms with Gasteiger partial charge in [-0.05, 0) is 49.3 Å². The van der Waals surface area contributed by atoms with Crippen LogP contribution in [-0.2, 0) is 6.54 Å². The Balaban J connectivity index is 1.87. The summed E-state index contributed by atoms with van der Waals surface area (Å²) in [4.78, 5) is 4.83. The van der Waals surface area contributed by atoms with Gasteiger partial charge >= 0.3 is 0 Å². The summed E-state index contributed by atoms with van der Waals surface area (Å²) in [5.74, 6) is 1.99. The lowest BCUT2D eigenvalue weighted by molar-refractivity contribution is 0.461. The van der Waals surface area contributed by atoms with Gasteiger partial charge in [-0.2, -0.15) is 0 Å². The van der Waals surface area contributed by atoms with Gasteiger partial charge in [-0.1, -0.05) is 6.92 Å². The van der Waals surface area contributed by atoms with E-state index in [1.54, 1.807) is 0 Å². The second-order valence-electron chi connectivity index (χ2n) is 6.39. The zero-order chi connectivity index (χ0) is 12.3. The van der Waals surface area contributed by atoms with Gasteiger partial charge in [0, 0.05) is 18.2 Å². The van der Waals surface area contributed by atoms with Gasteiger partial charge in [0.15, 0.2) is 0 Å². The molecule has 0 spiro atoms. The number of rotatable bonds is 3. The zero-order valence-corrected chi connectivity index (χ0v) is 10.8. The summed E-state index contributed by atoms with van der Waals surface area (Å²) in [5.41, 5.74) is 9.52. The molecular weight excluding hydrogens is 222 g/mol. The summed E-state index contributed by atoms with van der Waals surface area (Å²) in [6.45, 7) is 3.51. The van der Waals surface area contributed by atoms with E-state index in [9.17, 15) is 0 Å². The van der Waals surface area contributed by atoms with Crippen molar-refractivity contribution in [1.29, 1.82) is 0 Å². The van der Waals surface area contributed by atoms with Crippen molar-refractivity contribution in [3.63, 3.8) is 0 Å². The van der Waals surface area contributed by atoms with Crippen molar-refractivity contribution in [2.24, 2.45) is 5.41 Å². The van der Waals surface area contributed by atoms with Gasteiger partial charge in [0.1, 0.15) is 5.82 Å². The fraction of sp³-hybridized carbons (Fsp3) is 0.533. The van der Waals surface area contributed by atoms with E-state index in [2.05, 4.69) is 17.6 Å². The Bertz CT molecular complexity index is 618.